The summed E-state index contributed by atoms with van der Waals surface area (Å²) >= 11 is 0. The molecule has 1 aromatic rings. The Balaban J connectivity index is 1.69. The van der Waals surface area contributed by atoms with Gasteiger partial charge in [0.2, 0.25) is 0 Å². The molecule has 3 fully saturated rings. The average molecular weight is 340 g/mol. The average Bonchev–Trinajstić information content (AvgIpc) is 3.17. The molecule has 5 heteroatoms. The van der Waals surface area contributed by atoms with E-state index in [9.17, 15) is 9.59 Å². The number of anilines is 1. The smallest absolute Gasteiger partial charge is 0.311 e. The Hall–Kier alpha value is -1.88. The van der Waals surface area contributed by atoms with Crippen LogP contribution in [0.5, 0.6) is 0 Å². The molecule has 132 valence electrons. The highest BCUT2D eigenvalue weighted by Crippen LogP contribution is 2.61. The van der Waals surface area contributed by atoms with Crippen LogP contribution < -0.4 is 5.32 Å². The van der Waals surface area contributed by atoms with E-state index in [1.807, 2.05) is 6.07 Å². The van der Waals surface area contributed by atoms with Crippen LogP contribution in [-0.2, 0) is 19.7 Å². The van der Waals surface area contributed by atoms with Crippen molar-refractivity contribution in [2.24, 2.45) is 17.8 Å². The van der Waals surface area contributed by atoms with Crippen molar-refractivity contribution in [2.75, 3.05) is 25.5 Å². The number of esters is 1. The van der Waals surface area contributed by atoms with Gasteiger partial charge in [0.15, 0.2) is 0 Å². The number of hydrogen-bond donors (Lipinski definition) is 1. The zero-order valence-electron chi connectivity index (χ0n) is 14.7. The molecule has 3 aliphatic heterocycles. The first-order valence-electron chi connectivity index (χ1n) is 9.26. The van der Waals surface area contributed by atoms with Crippen molar-refractivity contribution in [3.63, 3.8) is 0 Å². The van der Waals surface area contributed by atoms with Gasteiger partial charge in [-0.15, -0.1) is 0 Å². The monoisotopic (exact) mass is 340 g/mol. The normalized spacial score (nSPS) is 40.8. The minimum absolute atomic E-state index is 0.0215. The molecule has 2 bridgehead atoms. The summed E-state index contributed by atoms with van der Waals surface area (Å²) in [4.78, 5) is 27.7. The van der Waals surface area contributed by atoms with Gasteiger partial charge in [0.25, 0.3) is 0 Å². The first kappa shape index (κ1) is 15.4. The first-order chi connectivity index (χ1) is 12.1. The molecule has 3 heterocycles. The molecular weight excluding hydrogens is 316 g/mol. The molecule has 0 amide bonds. The second kappa shape index (κ2) is 5.07. The molecule has 5 rings (SSSR count). The number of para-hydroxylation sites is 1. The summed E-state index contributed by atoms with van der Waals surface area (Å²) in [6.07, 6.45) is 1.95. The number of carbonyl (C=O) groups excluding carboxylic acids is 2. The SMILES string of the molecule is COC(=O)C1C2Nc3ccccc3[C@@]23CCN2C[C@@H](C(C)=O)[C@@H]1C[C@H]23. The number of Topliss-reactive ketones (excluding diaryl/α,β-unsaturated/α-hetero) is 1. The number of benzene rings is 1. The largest absolute Gasteiger partial charge is 0.469 e. The lowest BCUT2D eigenvalue weighted by atomic mass is 9.54. The lowest BCUT2D eigenvalue weighted by Crippen LogP contribution is -2.65. The van der Waals surface area contributed by atoms with Crippen molar-refractivity contribution in [2.45, 2.75) is 37.3 Å². The van der Waals surface area contributed by atoms with E-state index in [1.165, 1.54) is 12.7 Å². The number of carbonyl (C=O) groups is 2. The van der Waals surface area contributed by atoms with Gasteiger partial charge in [0.1, 0.15) is 5.78 Å². The molecular formula is C20H24N2O3. The Morgan fingerprint density at radius 1 is 1.32 bits per heavy atom. The quantitative estimate of drug-likeness (QED) is 0.832. The fourth-order valence-electron chi connectivity index (χ4n) is 6.45. The number of fused-ring (bicyclic) bond motifs is 2. The molecule has 1 aromatic carbocycles. The highest BCUT2D eigenvalue weighted by atomic mass is 16.5. The van der Waals surface area contributed by atoms with Gasteiger partial charge in [-0.1, -0.05) is 18.2 Å². The predicted molar refractivity (Wildman–Crippen MR) is 93.3 cm³/mol. The number of rotatable bonds is 2. The summed E-state index contributed by atoms with van der Waals surface area (Å²) in [7, 11) is 1.47. The Labute approximate surface area is 147 Å². The third kappa shape index (κ3) is 1.77. The van der Waals surface area contributed by atoms with Gasteiger partial charge in [-0.3, -0.25) is 14.5 Å². The second-order valence-corrected chi connectivity index (χ2v) is 8.13. The fourth-order valence-corrected chi connectivity index (χ4v) is 6.45. The van der Waals surface area contributed by atoms with E-state index < -0.39 is 0 Å². The molecule has 0 radical (unpaired) electrons. The van der Waals surface area contributed by atoms with Gasteiger partial charge in [0.05, 0.1) is 19.1 Å². The van der Waals surface area contributed by atoms with Crippen LogP contribution in [0.2, 0.25) is 0 Å². The van der Waals surface area contributed by atoms with Crippen molar-refractivity contribution in [1.29, 1.82) is 0 Å². The number of methoxy groups -OCH3 is 1. The van der Waals surface area contributed by atoms with Gasteiger partial charge >= 0.3 is 5.97 Å². The van der Waals surface area contributed by atoms with Gasteiger partial charge < -0.3 is 10.1 Å². The van der Waals surface area contributed by atoms with Gasteiger partial charge in [0, 0.05) is 29.6 Å². The van der Waals surface area contributed by atoms with Crippen molar-refractivity contribution >= 4 is 17.4 Å². The maximum atomic E-state index is 12.8. The van der Waals surface area contributed by atoms with E-state index in [-0.39, 0.29) is 41.0 Å². The fraction of sp³-hybridized carbons (Fsp3) is 0.600. The number of ketones is 1. The first-order valence-corrected chi connectivity index (χ1v) is 9.26. The van der Waals surface area contributed by atoms with E-state index in [0.717, 1.165) is 31.6 Å². The maximum absolute atomic E-state index is 12.8. The van der Waals surface area contributed by atoms with Crippen LogP contribution in [-0.4, -0.2) is 48.9 Å². The van der Waals surface area contributed by atoms with Crippen LogP contribution in [0.3, 0.4) is 0 Å². The lowest BCUT2D eigenvalue weighted by Gasteiger charge is -2.55. The molecule has 1 saturated carbocycles. The summed E-state index contributed by atoms with van der Waals surface area (Å²) in [6, 6.07) is 8.91. The second-order valence-electron chi connectivity index (χ2n) is 8.13. The van der Waals surface area contributed by atoms with Crippen LogP contribution in [0.1, 0.15) is 25.3 Å². The van der Waals surface area contributed by atoms with E-state index in [4.69, 9.17) is 4.74 Å². The summed E-state index contributed by atoms with van der Waals surface area (Å²) in [5.41, 5.74) is 2.46. The third-order valence-corrected chi connectivity index (χ3v) is 7.40. The van der Waals surface area contributed by atoms with E-state index in [0.29, 0.717) is 6.04 Å². The summed E-state index contributed by atoms with van der Waals surface area (Å²) in [5.74, 6) is -0.221. The van der Waals surface area contributed by atoms with Crippen molar-refractivity contribution < 1.29 is 14.3 Å². The number of nitrogens with one attached hydrogen (secondary N) is 1. The Morgan fingerprint density at radius 2 is 2.12 bits per heavy atom. The van der Waals surface area contributed by atoms with Crippen LogP contribution in [0.4, 0.5) is 5.69 Å². The highest BCUT2D eigenvalue weighted by molar-refractivity contribution is 5.83. The number of hydrogen-bond acceptors (Lipinski definition) is 5. The molecule has 25 heavy (non-hydrogen) atoms. The lowest BCUT2D eigenvalue weighted by molar-refractivity contribution is -0.156. The van der Waals surface area contributed by atoms with Crippen LogP contribution >= 0.6 is 0 Å². The number of piperidine rings is 1. The van der Waals surface area contributed by atoms with Crippen LogP contribution in [0.25, 0.3) is 0 Å². The van der Waals surface area contributed by atoms with Gasteiger partial charge in [-0.05, 0) is 43.9 Å². The maximum Gasteiger partial charge on any atom is 0.311 e. The number of nitrogens with zero attached hydrogens (tertiary/aromatic N) is 1. The predicted octanol–water partition coefficient (Wildman–Crippen LogP) is 1.82. The van der Waals surface area contributed by atoms with E-state index in [2.05, 4.69) is 28.4 Å². The van der Waals surface area contributed by atoms with Crippen LogP contribution in [0, 0.1) is 17.8 Å². The molecule has 6 atom stereocenters. The molecule has 1 spiro atoms. The van der Waals surface area contributed by atoms with Gasteiger partial charge in [-0.25, -0.2) is 0 Å². The van der Waals surface area contributed by atoms with Crippen LogP contribution in [0.15, 0.2) is 24.3 Å². The third-order valence-electron chi connectivity index (χ3n) is 7.40. The summed E-state index contributed by atoms with van der Waals surface area (Å²) in [6.45, 7) is 3.46. The Bertz CT molecular complexity index is 763. The zero-order chi connectivity index (χ0) is 17.3. The molecule has 0 aromatic heterocycles. The zero-order valence-corrected chi connectivity index (χ0v) is 14.7. The molecule has 4 aliphatic rings. The molecule has 2 saturated heterocycles. The summed E-state index contributed by atoms with van der Waals surface area (Å²) < 4.78 is 5.22. The topological polar surface area (TPSA) is 58.6 Å². The number of ether oxygens (including phenoxy) is 1. The summed E-state index contributed by atoms with van der Waals surface area (Å²) in [5, 5.41) is 3.67. The van der Waals surface area contributed by atoms with E-state index >= 15 is 0 Å². The minimum Gasteiger partial charge on any atom is -0.469 e. The van der Waals surface area contributed by atoms with E-state index in [1.54, 1.807) is 6.92 Å². The standard InChI is InChI=1S/C20H24N2O3/c1-11(23)13-10-22-8-7-20-14-5-3-4-6-15(14)21-18(20)17(19(24)25-2)12(13)9-16(20)22/h3-6,12-13,16-18,21H,7-10H2,1-2H3/t12-,13-,16-,17?,18?,20+/m0/s1. The molecule has 5 nitrogen and oxygen atoms in total. The minimum atomic E-state index is -0.261. The highest BCUT2D eigenvalue weighted by Gasteiger charge is 2.68. The Morgan fingerprint density at radius 3 is 2.88 bits per heavy atom. The van der Waals surface area contributed by atoms with Crippen molar-refractivity contribution in [1.82, 2.24) is 4.90 Å². The molecule has 2 unspecified atom stereocenters. The molecule has 1 N–H and O–H groups in total. The Kier molecular flexibility index (Phi) is 3.12. The van der Waals surface area contributed by atoms with Crippen molar-refractivity contribution in [3.8, 4) is 0 Å². The van der Waals surface area contributed by atoms with Crippen molar-refractivity contribution in [3.05, 3.63) is 29.8 Å². The van der Waals surface area contributed by atoms with Gasteiger partial charge in [-0.2, -0.15) is 0 Å². The molecule has 1 aliphatic carbocycles.